The minimum atomic E-state index is 0.676. The van der Waals surface area contributed by atoms with Crippen LogP contribution in [0.2, 0.25) is 0 Å². The van der Waals surface area contributed by atoms with Gasteiger partial charge in [0.25, 0.3) is 0 Å². The smallest absolute Gasteiger partial charge is 0.197 e. The van der Waals surface area contributed by atoms with Crippen LogP contribution in [0.1, 0.15) is 5.56 Å². The maximum atomic E-state index is 5.63. The number of hydrogen-bond acceptors (Lipinski definition) is 5. The second-order valence-electron chi connectivity index (χ2n) is 3.22. The second kappa shape index (κ2) is 3.90. The molecule has 0 fully saturated rings. The average Bonchev–Trinajstić information content (AvgIpc) is 2.57. The summed E-state index contributed by atoms with van der Waals surface area (Å²) in [7, 11) is 1.90. The summed E-state index contributed by atoms with van der Waals surface area (Å²) in [6.07, 6.45) is 3.31. The molecule has 0 atom stereocenters. The Morgan fingerprint density at radius 1 is 1.47 bits per heavy atom. The molecule has 0 amide bonds. The first-order valence-electron chi connectivity index (χ1n) is 4.41. The van der Waals surface area contributed by atoms with E-state index in [1.807, 2.05) is 24.6 Å². The van der Waals surface area contributed by atoms with Crippen LogP contribution in [0, 0.1) is 6.92 Å². The van der Waals surface area contributed by atoms with Crippen molar-refractivity contribution < 1.29 is 0 Å². The number of rotatable bonds is 2. The highest BCUT2D eigenvalue weighted by Gasteiger charge is 2.07. The third-order valence-corrected chi connectivity index (χ3v) is 3.08. The normalized spacial score (nSPS) is 10.5. The van der Waals surface area contributed by atoms with Gasteiger partial charge in [0.05, 0.1) is 11.9 Å². The Bertz CT molecular complexity index is 479. The number of aryl methyl sites for hydroxylation is 2. The van der Waals surface area contributed by atoms with E-state index in [0.717, 1.165) is 15.7 Å². The summed E-state index contributed by atoms with van der Waals surface area (Å²) < 4.78 is 1.85. The number of nitrogens with two attached hydrogens (primary N) is 1. The first-order valence-corrected chi connectivity index (χ1v) is 5.22. The molecule has 0 saturated carbocycles. The molecule has 2 rings (SSSR count). The standard InChI is InChI=1S/C9H11N5S/c1-6-3-7(10)4-11-8(6)15-9-13-12-5-14(9)2/h3-5H,10H2,1-2H3. The van der Waals surface area contributed by atoms with E-state index in [4.69, 9.17) is 5.73 Å². The first kappa shape index (κ1) is 9.97. The molecule has 0 saturated heterocycles. The van der Waals surface area contributed by atoms with Crippen LogP contribution in [0.3, 0.4) is 0 Å². The molecule has 5 nitrogen and oxygen atoms in total. The summed E-state index contributed by atoms with van der Waals surface area (Å²) in [6.45, 7) is 1.97. The molecule has 0 bridgehead atoms. The second-order valence-corrected chi connectivity index (χ2v) is 4.17. The quantitative estimate of drug-likeness (QED) is 0.826. The maximum absolute atomic E-state index is 5.63. The van der Waals surface area contributed by atoms with Gasteiger partial charge in [0.15, 0.2) is 5.16 Å². The number of pyridine rings is 1. The van der Waals surface area contributed by atoms with Gasteiger partial charge in [-0.25, -0.2) is 4.98 Å². The number of nitrogen functional groups attached to an aromatic ring is 1. The van der Waals surface area contributed by atoms with Crippen LogP contribution < -0.4 is 5.73 Å². The third kappa shape index (κ3) is 2.10. The van der Waals surface area contributed by atoms with Crippen molar-refractivity contribution in [1.82, 2.24) is 19.7 Å². The zero-order chi connectivity index (χ0) is 10.8. The zero-order valence-corrected chi connectivity index (χ0v) is 9.32. The monoisotopic (exact) mass is 221 g/mol. The van der Waals surface area contributed by atoms with E-state index >= 15 is 0 Å². The van der Waals surface area contributed by atoms with Gasteiger partial charge in [0, 0.05) is 7.05 Å². The predicted octanol–water partition coefficient (Wildman–Crippen LogP) is 1.25. The van der Waals surface area contributed by atoms with E-state index in [1.54, 1.807) is 12.5 Å². The fourth-order valence-electron chi connectivity index (χ4n) is 1.14. The van der Waals surface area contributed by atoms with Gasteiger partial charge in [0.2, 0.25) is 0 Å². The molecule has 15 heavy (non-hydrogen) atoms. The molecule has 0 aliphatic rings. The molecule has 0 spiro atoms. The molecule has 0 radical (unpaired) electrons. The van der Waals surface area contributed by atoms with E-state index in [1.165, 1.54) is 11.8 Å². The molecule has 0 aliphatic carbocycles. The van der Waals surface area contributed by atoms with E-state index in [9.17, 15) is 0 Å². The maximum Gasteiger partial charge on any atom is 0.197 e. The van der Waals surface area contributed by atoms with Gasteiger partial charge in [-0.05, 0) is 30.3 Å². The summed E-state index contributed by atoms with van der Waals surface area (Å²) in [4.78, 5) is 4.25. The van der Waals surface area contributed by atoms with Crippen LogP contribution in [0.5, 0.6) is 0 Å². The Kier molecular flexibility index (Phi) is 2.59. The predicted molar refractivity (Wildman–Crippen MR) is 58.5 cm³/mol. The van der Waals surface area contributed by atoms with Crippen LogP contribution in [-0.4, -0.2) is 19.7 Å². The zero-order valence-electron chi connectivity index (χ0n) is 8.51. The Morgan fingerprint density at radius 3 is 2.87 bits per heavy atom. The highest BCUT2D eigenvalue weighted by molar-refractivity contribution is 7.99. The van der Waals surface area contributed by atoms with Crippen molar-refractivity contribution in [3.8, 4) is 0 Å². The van der Waals surface area contributed by atoms with Gasteiger partial charge in [0.1, 0.15) is 11.4 Å². The molecule has 2 aromatic rings. The molecule has 78 valence electrons. The van der Waals surface area contributed by atoms with Crippen molar-refractivity contribution >= 4 is 17.4 Å². The average molecular weight is 221 g/mol. The van der Waals surface area contributed by atoms with Gasteiger partial charge in [-0.3, -0.25) is 0 Å². The van der Waals surface area contributed by atoms with Gasteiger partial charge in [-0.2, -0.15) is 0 Å². The lowest BCUT2D eigenvalue weighted by molar-refractivity contribution is 0.786. The largest absolute Gasteiger partial charge is 0.397 e. The SMILES string of the molecule is Cc1cc(N)cnc1Sc1nncn1C. The Labute approximate surface area is 91.7 Å². The number of hydrogen-bond donors (Lipinski definition) is 1. The van der Waals surface area contributed by atoms with Crippen LogP contribution in [-0.2, 0) is 7.05 Å². The van der Waals surface area contributed by atoms with Gasteiger partial charge in [-0.1, -0.05) is 0 Å². The lowest BCUT2D eigenvalue weighted by Crippen LogP contribution is -1.93. The molecule has 0 unspecified atom stereocenters. The summed E-state index contributed by atoms with van der Waals surface area (Å²) in [6, 6.07) is 1.89. The third-order valence-electron chi connectivity index (χ3n) is 1.91. The molecule has 2 aromatic heterocycles. The molecular formula is C9H11N5S. The van der Waals surface area contributed by atoms with Crippen LogP contribution in [0.25, 0.3) is 0 Å². The highest BCUT2D eigenvalue weighted by atomic mass is 32.2. The summed E-state index contributed by atoms with van der Waals surface area (Å²) in [5.74, 6) is 0. The lowest BCUT2D eigenvalue weighted by Gasteiger charge is -2.03. The van der Waals surface area contributed by atoms with E-state index in [0.29, 0.717) is 5.69 Å². The van der Waals surface area contributed by atoms with E-state index in [2.05, 4.69) is 15.2 Å². The van der Waals surface area contributed by atoms with Crippen molar-refractivity contribution in [3.63, 3.8) is 0 Å². The summed E-state index contributed by atoms with van der Waals surface area (Å²) in [5.41, 5.74) is 7.35. The van der Waals surface area contributed by atoms with Crippen LogP contribution in [0.4, 0.5) is 5.69 Å². The van der Waals surface area contributed by atoms with Gasteiger partial charge in [-0.15, -0.1) is 10.2 Å². The highest BCUT2D eigenvalue weighted by Crippen LogP contribution is 2.26. The molecule has 6 heteroatoms. The Hall–Kier alpha value is -1.56. The van der Waals surface area contributed by atoms with Crippen LogP contribution in [0.15, 0.2) is 28.8 Å². The van der Waals surface area contributed by atoms with E-state index in [-0.39, 0.29) is 0 Å². The first-order chi connectivity index (χ1) is 7.16. The van der Waals surface area contributed by atoms with E-state index < -0.39 is 0 Å². The molecule has 2 N–H and O–H groups in total. The van der Waals surface area contributed by atoms with Crippen LogP contribution >= 0.6 is 11.8 Å². The molecule has 0 aromatic carbocycles. The minimum Gasteiger partial charge on any atom is -0.397 e. The Morgan fingerprint density at radius 2 is 2.27 bits per heavy atom. The molecule has 2 heterocycles. The van der Waals surface area contributed by atoms with Crippen molar-refractivity contribution in [1.29, 1.82) is 0 Å². The van der Waals surface area contributed by atoms with Crippen molar-refractivity contribution in [2.75, 3.05) is 5.73 Å². The van der Waals surface area contributed by atoms with Gasteiger partial charge < -0.3 is 10.3 Å². The fourth-order valence-corrected chi connectivity index (χ4v) is 1.92. The van der Waals surface area contributed by atoms with Crippen molar-refractivity contribution in [2.45, 2.75) is 17.1 Å². The lowest BCUT2D eigenvalue weighted by atomic mass is 10.3. The topological polar surface area (TPSA) is 69.6 Å². The van der Waals surface area contributed by atoms with Crippen molar-refractivity contribution in [3.05, 3.63) is 24.2 Å². The van der Waals surface area contributed by atoms with Crippen molar-refractivity contribution in [2.24, 2.45) is 7.05 Å². The number of nitrogens with zero attached hydrogens (tertiary/aromatic N) is 4. The number of aromatic nitrogens is 4. The molecule has 0 aliphatic heterocycles. The molecular weight excluding hydrogens is 210 g/mol. The summed E-state index contributed by atoms with van der Waals surface area (Å²) >= 11 is 1.48. The summed E-state index contributed by atoms with van der Waals surface area (Å²) in [5, 5.41) is 9.50. The van der Waals surface area contributed by atoms with Gasteiger partial charge >= 0.3 is 0 Å². The Balaban J connectivity index is 2.29. The fraction of sp³-hybridized carbons (Fsp3) is 0.222. The number of anilines is 1. The minimum absolute atomic E-state index is 0.676.